The van der Waals surface area contributed by atoms with Gasteiger partial charge in [0.15, 0.2) is 0 Å². The van der Waals surface area contributed by atoms with E-state index in [4.69, 9.17) is 9.90 Å². The van der Waals surface area contributed by atoms with Crippen molar-refractivity contribution < 1.29 is 15.4 Å². The standard InChI is InChI=1S/CH3NO2.Na.H2O.H/c2-1(3)4;;;/h2H2,(H,3,4);;1H2;. The molecule has 0 saturated heterocycles. The fraction of sp³-hybridized carbons (Fsp3) is 0. The van der Waals surface area contributed by atoms with E-state index in [0.29, 0.717) is 0 Å². The van der Waals surface area contributed by atoms with Crippen molar-refractivity contribution >= 4 is 35.7 Å². The summed E-state index contributed by atoms with van der Waals surface area (Å²) in [5, 5.41) is 7.19. The molecule has 1 amide bonds. The number of amides is 1. The third kappa shape index (κ3) is 834. The average Bonchev–Trinajstić information content (AvgIpc) is 0.811. The molecule has 0 atom stereocenters. The molecule has 0 radical (unpaired) electrons. The predicted molar refractivity (Wildman–Crippen MR) is 23.0 cm³/mol. The monoisotopic (exact) mass is 103 g/mol. The first kappa shape index (κ1) is 16.3. The van der Waals surface area contributed by atoms with Gasteiger partial charge in [-0.05, 0) is 0 Å². The van der Waals surface area contributed by atoms with Gasteiger partial charge in [-0.2, -0.15) is 0 Å². The minimum atomic E-state index is -1.33. The molecular weight excluding hydrogens is 97.0 g/mol. The SMILES string of the molecule is NC(=O)O.O.[NaH]. The summed E-state index contributed by atoms with van der Waals surface area (Å²) in [6.45, 7) is 0. The molecule has 5 heteroatoms. The summed E-state index contributed by atoms with van der Waals surface area (Å²) in [5.41, 5.74) is 4.03. The molecule has 34 valence electrons. The van der Waals surface area contributed by atoms with Gasteiger partial charge >= 0.3 is 35.7 Å². The van der Waals surface area contributed by atoms with Crippen LogP contribution in [0.15, 0.2) is 0 Å². The van der Waals surface area contributed by atoms with Gasteiger partial charge in [0.25, 0.3) is 0 Å². The summed E-state index contributed by atoms with van der Waals surface area (Å²) in [7, 11) is 0. The van der Waals surface area contributed by atoms with Crippen LogP contribution in [0.4, 0.5) is 4.79 Å². The van der Waals surface area contributed by atoms with E-state index in [1.165, 1.54) is 0 Å². The van der Waals surface area contributed by atoms with Crippen LogP contribution < -0.4 is 5.73 Å². The number of carboxylic acid groups (broad SMARTS) is 1. The van der Waals surface area contributed by atoms with E-state index < -0.39 is 6.09 Å². The van der Waals surface area contributed by atoms with E-state index in [1.807, 2.05) is 0 Å². The molecule has 0 unspecified atom stereocenters. The van der Waals surface area contributed by atoms with E-state index >= 15 is 0 Å². The summed E-state index contributed by atoms with van der Waals surface area (Å²) < 4.78 is 0. The first-order valence-corrected chi connectivity index (χ1v) is 0.716. The Morgan fingerprint density at radius 2 is 1.67 bits per heavy atom. The molecule has 0 aromatic rings. The molecule has 0 aliphatic carbocycles. The van der Waals surface area contributed by atoms with E-state index in [0.717, 1.165) is 0 Å². The van der Waals surface area contributed by atoms with Crippen molar-refractivity contribution in [1.29, 1.82) is 0 Å². The fourth-order valence-electron chi connectivity index (χ4n) is 0. The van der Waals surface area contributed by atoms with Gasteiger partial charge < -0.3 is 16.3 Å². The Hall–Kier alpha value is 0.230. The molecule has 0 bridgehead atoms. The van der Waals surface area contributed by atoms with Crippen molar-refractivity contribution in [2.45, 2.75) is 0 Å². The second kappa shape index (κ2) is 8.97. The van der Waals surface area contributed by atoms with Crippen LogP contribution >= 0.6 is 0 Å². The third-order valence-corrected chi connectivity index (χ3v) is 0. The van der Waals surface area contributed by atoms with Crippen LogP contribution in [0.2, 0.25) is 0 Å². The van der Waals surface area contributed by atoms with E-state index in [2.05, 4.69) is 5.73 Å². The van der Waals surface area contributed by atoms with Crippen LogP contribution in [0.25, 0.3) is 0 Å². The predicted octanol–water partition coefficient (Wildman–Crippen LogP) is -1.85. The average molecular weight is 103 g/mol. The second-order valence-corrected chi connectivity index (χ2v) is 0.338. The van der Waals surface area contributed by atoms with Crippen LogP contribution in [0.5, 0.6) is 0 Å². The van der Waals surface area contributed by atoms with Crippen LogP contribution in [-0.2, 0) is 0 Å². The van der Waals surface area contributed by atoms with Gasteiger partial charge in [0.05, 0.1) is 0 Å². The molecule has 0 aromatic heterocycles. The summed E-state index contributed by atoms with van der Waals surface area (Å²) in [6, 6.07) is 0. The zero-order chi connectivity index (χ0) is 3.58. The Kier molecular flexibility index (Phi) is 24.4. The van der Waals surface area contributed by atoms with Gasteiger partial charge in [0.1, 0.15) is 0 Å². The topological polar surface area (TPSA) is 94.8 Å². The van der Waals surface area contributed by atoms with Crippen LogP contribution in [-0.4, -0.2) is 46.2 Å². The fourth-order valence-corrected chi connectivity index (χ4v) is 0. The Morgan fingerprint density at radius 1 is 1.67 bits per heavy atom. The molecule has 5 N–H and O–H groups in total. The first-order chi connectivity index (χ1) is 1.73. The van der Waals surface area contributed by atoms with E-state index in [9.17, 15) is 0 Å². The van der Waals surface area contributed by atoms with Crippen molar-refractivity contribution in [2.75, 3.05) is 0 Å². The minimum absolute atomic E-state index is 0. The summed E-state index contributed by atoms with van der Waals surface area (Å²) >= 11 is 0. The zero-order valence-corrected chi connectivity index (χ0v) is 2.43. The van der Waals surface area contributed by atoms with Crippen molar-refractivity contribution in [3.8, 4) is 0 Å². The van der Waals surface area contributed by atoms with Crippen molar-refractivity contribution in [1.82, 2.24) is 0 Å². The summed E-state index contributed by atoms with van der Waals surface area (Å²) in [6.07, 6.45) is -1.33. The Labute approximate surface area is 56.9 Å². The maximum absolute atomic E-state index is 8.78. The molecule has 0 saturated carbocycles. The van der Waals surface area contributed by atoms with Crippen LogP contribution in [0.1, 0.15) is 0 Å². The molecule has 6 heavy (non-hydrogen) atoms. The molecule has 0 aliphatic rings. The number of primary amides is 1. The van der Waals surface area contributed by atoms with Crippen molar-refractivity contribution in [3.05, 3.63) is 0 Å². The van der Waals surface area contributed by atoms with Crippen molar-refractivity contribution in [3.63, 3.8) is 0 Å². The number of carbonyl (C=O) groups is 1. The number of hydrogen-bond acceptors (Lipinski definition) is 1. The van der Waals surface area contributed by atoms with Gasteiger partial charge in [0.2, 0.25) is 0 Å². The van der Waals surface area contributed by atoms with E-state index in [1.54, 1.807) is 0 Å². The van der Waals surface area contributed by atoms with Crippen molar-refractivity contribution in [2.24, 2.45) is 5.73 Å². The van der Waals surface area contributed by atoms with Gasteiger partial charge in [-0.25, -0.2) is 4.79 Å². The Morgan fingerprint density at radius 3 is 1.67 bits per heavy atom. The normalized spacial score (nSPS) is 4.00. The second-order valence-electron chi connectivity index (χ2n) is 0.338. The molecular formula is CH6NNaO3. The van der Waals surface area contributed by atoms with Gasteiger partial charge in [0, 0.05) is 0 Å². The number of hydrogen-bond donors (Lipinski definition) is 2. The Bertz CT molecular complexity index is 33.8. The summed E-state index contributed by atoms with van der Waals surface area (Å²) in [5.74, 6) is 0. The molecule has 0 fully saturated rings. The molecule has 0 rings (SSSR count). The first-order valence-electron chi connectivity index (χ1n) is 0.716. The van der Waals surface area contributed by atoms with Gasteiger partial charge in [-0.1, -0.05) is 0 Å². The van der Waals surface area contributed by atoms with Gasteiger partial charge in [-0.3, -0.25) is 0 Å². The molecule has 0 heterocycles. The molecule has 0 spiro atoms. The molecule has 4 nitrogen and oxygen atoms in total. The van der Waals surface area contributed by atoms with E-state index in [-0.39, 0.29) is 35.0 Å². The Balaban J connectivity index is -0.0000000450. The molecule has 0 aliphatic heterocycles. The third-order valence-electron chi connectivity index (χ3n) is 0. The maximum atomic E-state index is 8.78. The number of nitrogens with two attached hydrogens (primary N) is 1. The van der Waals surface area contributed by atoms with Crippen LogP contribution in [0, 0.1) is 0 Å². The quantitative estimate of drug-likeness (QED) is 0.352. The zero-order valence-electron chi connectivity index (χ0n) is 2.43. The van der Waals surface area contributed by atoms with Gasteiger partial charge in [-0.15, -0.1) is 0 Å². The van der Waals surface area contributed by atoms with Crippen LogP contribution in [0.3, 0.4) is 0 Å². The summed E-state index contributed by atoms with van der Waals surface area (Å²) in [4.78, 5) is 8.78. The number of rotatable bonds is 0. The molecule has 0 aromatic carbocycles.